The molecular formula is C11H18N4O. The van der Waals surface area contributed by atoms with E-state index in [2.05, 4.69) is 22.1 Å². The van der Waals surface area contributed by atoms with Crippen molar-refractivity contribution in [2.45, 2.75) is 6.92 Å². The molecule has 0 spiro atoms. The van der Waals surface area contributed by atoms with Crippen LogP contribution in [0.15, 0.2) is 18.3 Å². The SMILES string of the molecule is CCN(CCN)c1ccnc(C(=O)NC)c1. The van der Waals surface area contributed by atoms with Crippen molar-refractivity contribution in [2.24, 2.45) is 5.73 Å². The molecule has 0 aliphatic heterocycles. The summed E-state index contributed by atoms with van der Waals surface area (Å²) in [5, 5.41) is 2.55. The molecule has 0 atom stereocenters. The maximum atomic E-state index is 11.4. The van der Waals surface area contributed by atoms with E-state index < -0.39 is 0 Å². The molecule has 1 aromatic heterocycles. The van der Waals surface area contributed by atoms with E-state index in [-0.39, 0.29) is 5.91 Å². The molecule has 3 N–H and O–H groups in total. The molecule has 1 heterocycles. The monoisotopic (exact) mass is 222 g/mol. The van der Waals surface area contributed by atoms with Gasteiger partial charge in [-0.25, -0.2) is 0 Å². The summed E-state index contributed by atoms with van der Waals surface area (Å²) in [4.78, 5) is 17.5. The average Bonchev–Trinajstić information content (AvgIpc) is 2.35. The van der Waals surface area contributed by atoms with Gasteiger partial charge in [0.05, 0.1) is 0 Å². The predicted molar refractivity (Wildman–Crippen MR) is 64.6 cm³/mol. The largest absolute Gasteiger partial charge is 0.370 e. The van der Waals surface area contributed by atoms with Gasteiger partial charge in [0.2, 0.25) is 0 Å². The lowest BCUT2D eigenvalue weighted by Crippen LogP contribution is -2.29. The molecule has 0 aliphatic carbocycles. The van der Waals surface area contributed by atoms with Gasteiger partial charge in [-0.05, 0) is 19.1 Å². The van der Waals surface area contributed by atoms with E-state index in [9.17, 15) is 4.79 Å². The number of carbonyl (C=O) groups is 1. The number of likely N-dealkylation sites (N-methyl/N-ethyl adjacent to an activating group) is 1. The molecule has 1 rings (SSSR count). The van der Waals surface area contributed by atoms with Crippen LogP contribution in [0.5, 0.6) is 0 Å². The van der Waals surface area contributed by atoms with E-state index in [4.69, 9.17) is 5.73 Å². The Morgan fingerprint density at radius 2 is 2.38 bits per heavy atom. The molecule has 0 radical (unpaired) electrons. The fourth-order valence-electron chi connectivity index (χ4n) is 1.49. The van der Waals surface area contributed by atoms with Crippen molar-refractivity contribution < 1.29 is 4.79 Å². The molecule has 5 heteroatoms. The molecule has 0 unspecified atom stereocenters. The fourth-order valence-corrected chi connectivity index (χ4v) is 1.49. The third kappa shape index (κ3) is 2.93. The zero-order valence-electron chi connectivity index (χ0n) is 9.73. The predicted octanol–water partition coefficient (Wildman–Crippen LogP) is 0.226. The Kier molecular flexibility index (Phi) is 4.72. The van der Waals surface area contributed by atoms with Gasteiger partial charge >= 0.3 is 0 Å². The van der Waals surface area contributed by atoms with E-state index in [1.807, 2.05) is 6.07 Å². The third-order valence-electron chi connectivity index (χ3n) is 2.35. The zero-order chi connectivity index (χ0) is 12.0. The summed E-state index contributed by atoms with van der Waals surface area (Å²) >= 11 is 0. The summed E-state index contributed by atoms with van der Waals surface area (Å²) in [6.45, 7) is 4.27. The van der Waals surface area contributed by atoms with E-state index in [0.717, 1.165) is 18.8 Å². The van der Waals surface area contributed by atoms with Crippen LogP contribution in [-0.4, -0.2) is 37.6 Å². The lowest BCUT2D eigenvalue weighted by Gasteiger charge is -2.22. The molecule has 0 saturated heterocycles. The second-order valence-corrected chi connectivity index (χ2v) is 3.35. The second kappa shape index (κ2) is 6.07. The minimum atomic E-state index is -0.175. The Morgan fingerprint density at radius 3 is 2.94 bits per heavy atom. The number of carbonyl (C=O) groups excluding carboxylic acids is 1. The maximum Gasteiger partial charge on any atom is 0.269 e. The molecule has 1 amide bonds. The van der Waals surface area contributed by atoms with E-state index in [1.54, 1.807) is 19.3 Å². The molecule has 16 heavy (non-hydrogen) atoms. The Balaban J connectivity index is 2.92. The molecule has 0 fully saturated rings. The highest BCUT2D eigenvalue weighted by atomic mass is 16.1. The van der Waals surface area contributed by atoms with Crippen molar-refractivity contribution in [1.82, 2.24) is 10.3 Å². The zero-order valence-corrected chi connectivity index (χ0v) is 9.73. The first kappa shape index (κ1) is 12.4. The molecular weight excluding hydrogens is 204 g/mol. The van der Waals surface area contributed by atoms with Gasteiger partial charge in [-0.3, -0.25) is 9.78 Å². The normalized spacial score (nSPS) is 9.94. The summed E-state index contributed by atoms with van der Waals surface area (Å²) in [5.74, 6) is -0.175. The molecule has 88 valence electrons. The minimum absolute atomic E-state index is 0.175. The van der Waals surface area contributed by atoms with Gasteiger partial charge in [-0.1, -0.05) is 0 Å². The van der Waals surface area contributed by atoms with Crippen molar-refractivity contribution in [3.63, 3.8) is 0 Å². The van der Waals surface area contributed by atoms with Crippen molar-refractivity contribution in [3.05, 3.63) is 24.0 Å². The molecule has 0 aliphatic rings. The summed E-state index contributed by atoms with van der Waals surface area (Å²) in [6, 6.07) is 3.66. The Labute approximate surface area is 95.7 Å². The lowest BCUT2D eigenvalue weighted by atomic mass is 10.2. The number of anilines is 1. The quantitative estimate of drug-likeness (QED) is 0.748. The standard InChI is InChI=1S/C11H18N4O/c1-3-15(7-5-12)9-4-6-14-10(8-9)11(16)13-2/h4,6,8H,3,5,7,12H2,1-2H3,(H,13,16). The van der Waals surface area contributed by atoms with Crippen LogP contribution in [0.25, 0.3) is 0 Å². The van der Waals surface area contributed by atoms with E-state index in [0.29, 0.717) is 12.2 Å². The number of nitrogens with zero attached hydrogens (tertiary/aromatic N) is 2. The third-order valence-corrected chi connectivity index (χ3v) is 2.35. The van der Waals surface area contributed by atoms with Gasteiger partial charge in [0, 0.05) is 38.6 Å². The number of nitrogens with two attached hydrogens (primary N) is 1. The summed E-state index contributed by atoms with van der Waals surface area (Å²) < 4.78 is 0. The molecule has 1 aromatic rings. The summed E-state index contributed by atoms with van der Waals surface area (Å²) in [6.07, 6.45) is 1.64. The van der Waals surface area contributed by atoms with Crippen LogP contribution in [0, 0.1) is 0 Å². The number of hydrogen-bond acceptors (Lipinski definition) is 4. The second-order valence-electron chi connectivity index (χ2n) is 3.35. The first-order valence-electron chi connectivity index (χ1n) is 5.36. The van der Waals surface area contributed by atoms with Gasteiger partial charge < -0.3 is 16.0 Å². The van der Waals surface area contributed by atoms with Crippen LogP contribution in [0.3, 0.4) is 0 Å². The van der Waals surface area contributed by atoms with Crippen LogP contribution in [0.4, 0.5) is 5.69 Å². The minimum Gasteiger partial charge on any atom is -0.370 e. The maximum absolute atomic E-state index is 11.4. The Morgan fingerprint density at radius 1 is 1.62 bits per heavy atom. The van der Waals surface area contributed by atoms with Gasteiger partial charge in [0.1, 0.15) is 5.69 Å². The van der Waals surface area contributed by atoms with E-state index >= 15 is 0 Å². The van der Waals surface area contributed by atoms with Crippen LogP contribution >= 0.6 is 0 Å². The lowest BCUT2D eigenvalue weighted by molar-refractivity contribution is 0.0958. The Bertz CT molecular complexity index is 354. The molecule has 5 nitrogen and oxygen atoms in total. The number of hydrogen-bond donors (Lipinski definition) is 2. The van der Waals surface area contributed by atoms with Crippen LogP contribution in [0.1, 0.15) is 17.4 Å². The van der Waals surface area contributed by atoms with Crippen LogP contribution in [0.2, 0.25) is 0 Å². The number of aromatic nitrogens is 1. The highest BCUT2D eigenvalue weighted by Crippen LogP contribution is 2.13. The van der Waals surface area contributed by atoms with Crippen LogP contribution in [-0.2, 0) is 0 Å². The van der Waals surface area contributed by atoms with E-state index in [1.165, 1.54) is 0 Å². The van der Waals surface area contributed by atoms with Crippen LogP contribution < -0.4 is 16.0 Å². The first-order valence-corrected chi connectivity index (χ1v) is 5.36. The Hall–Kier alpha value is -1.62. The highest BCUT2D eigenvalue weighted by Gasteiger charge is 2.08. The number of rotatable bonds is 5. The van der Waals surface area contributed by atoms with Crippen molar-refractivity contribution in [3.8, 4) is 0 Å². The average molecular weight is 222 g/mol. The number of pyridine rings is 1. The smallest absolute Gasteiger partial charge is 0.269 e. The number of amides is 1. The van der Waals surface area contributed by atoms with Crippen molar-refractivity contribution in [1.29, 1.82) is 0 Å². The van der Waals surface area contributed by atoms with Crippen molar-refractivity contribution in [2.75, 3.05) is 31.6 Å². The molecule has 0 aromatic carbocycles. The topological polar surface area (TPSA) is 71.2 Å². The van der Waals surface area contributed by atoms with Gasteiger partial charge in [-0.2, -0.15) is 0 Å². The fraction of sp³-hybridized carbons (Fsp3) is 0.455. The van der Waals surface area contributed by atoms with Gasteiger partial charge in [-0.15, -0.1) is 0 Å². The summed E-state index contributed by atoms with van der Waals surface area (Å²) in [7, 11) is 1.59. The summed E-state index contributed by atoms with van der Waals surface area (Å²) in [5.41, 5.74) is 6.93. The molecule has 0 saturated carbocycles. The molecule has 0 bridgehead atoms. The van der Waals surface area contributed by atoms with Gasteiger partial charge in [0.25, 0.3) is 5.91 Å². The van der Waals surface area contributed by atoms with Gasteiger partial charge in [0.15, 0.2) is 0 Å². The highest BCUT2D eigenvalue weighted by molar-refractivity contribution is 5.92. The number of nitrogens with one attached hydrogen (secondary N) is 1. The first-order chi connectivity index (χ1) is 7.72. The van der Waals surface area contributed by atoms with Crippen molar-refractivity contribution >= 4 is 11.6 Å².